The van der Waals surface area contributed by atoms with Crippen LogP contribution in [0.2, 0.25) is 0 Å². The summed E-state index contributed by atoms with van der Waals surface area (Å²) in [5, 5.41) is 13.7. The van der Waals surface area contributed by atoms with Gasteiger partial charge in [-0.25, -0.2) is 4.57 Å². The van der Waals surface area contributed by atoms with E-state index in [1.54, 1.807) is 6.08 Å². The summed E-state index contributed by atoms with van der Waals surface area (Å²) in [7, 11) is 1.54. The van der Waals surface area contributed by atoms with Crippen LogP contribution in [0.15, 0.2) is 36.5 Å². The zero-order chi connectivity index (χ0) is 34.4. The van der Waals surface area contributed by atoms with Gasteiger partial charge in [0.1, 0.15) is 13.2 Å². The van der Waals surface area contributed by atoms with Crippen LogP contribution in [0, 0.1) is 0 Å². The number of carbonyl (C=O) groups excluding carboxylic acids is 1. The number of phosphoric acid groups is 1. The number of nitrogens with one attached hydrogen (secondary N) is 1. The van der Waals surface area contributed by atoms with E-state index in [0.717, 1.165) is 44.9 Å². The SMILES string of the molecule is CCCCCCCC/C=C/CC/C=C/CC/C=C/C(O)C(COP(=O)(O)OCC[N+](C)(C)C)NC(=O)CCCCCCCCCC. The second-order valence-electron chi connectivity index (χ2n) is 13.6. The van der Waals surface area contributed by atoms with Crippen LogP contribution in [0.4, 0.5) is 0 Å². The first-order chi connectivity index (χ1) is 22.0. The highest BCUT2D eigenvalue weighted by atomic mass is 31.2. The van der Waals surface area contributed by atoms with Crippen LogP contribution in [-0.4, -0.2) is 73.4 Å². The lowest BCUT2D eigenvalue weighted by Gasteiger charge is -2.25. The van der Waals surface area contributed by atoms with E-state index in [1.165, 1.54) is 77.0 Å². The standard InChI is InChI=1S/C37H71N2O6P/c1-6-8-10-12-14-16-17-18-19-20-21-22-23-24-26-28-30-36(40)35(34-45-46(42,43)44-33-32-39(3,4)5)38-37(41)31-29-27-25-15-13-11-9-7-2/h18-19,22-23,28,30,35-36,40H,6-17,20-21,24-27,29,31-34H2,1-5H3,(H-,38,41,42,43)/p+1/b19-18+,23-22+,30-28+. The normalized spacial score (nSPS) is 15.2. The van der Waals surface area contributed by atoms with Crippen LogP contribution in [0.1, 0.15) is 142 Å². The number of nitrogens with zero attached hydrogens (tertiary/aromatic N) is 1. The Morgan fingerprint density at radius 3 is 1.74 bits per heavy atom. The van der Waals surface area contributed by atoms with Gasteiger partial charge in [0.15, 0.2) is 0 Å². The number of quaternary nitrogens is 1. The molecule has 0 aromatic carbocycles. The highest BCUT2D eigenvalue weighted by molar-refractivity contribution is 7.47. The molecule has 0 aromatic heterocycles. The molecule has 0 aliphatic rings. The third kappa shape index (κ3) is 31.3. The smallest absolute Gasteiger partial charge is 0.387 e. The van der Waals surface area contributed by atoms with Crippen LogP contribution in [-0.2, 0) is 18.4 Å². The van der Waals surface area contributed by atoms with Crippen molar-refractivity contribution in [3.8, 4) is 0 Å². The molecular formula is C37H72N2O6P+. The van der Waals surface area contributed by atoms with Crippen molar-refractivity contribution in [1.29, 1.82) is 0 Å². The van der Waals surface area contributed by atoms with Crippen molar-refractivity contribution in [2.45, 2.75) is 154 Å². The van der Waals surface area contributed by atoms with Gasteiger partial charge in [-0.05, 0) is 44.9 Å². The summed E-state index contributed by atoms with van der Waals surface area (Å²) >= 11 is 0. The van der Waals surface area contributed by atoms with E-state index in [1.807, 2.05) is 27.2 Å². The molecule has 9 heteroatoms. The average molecular weight is 672 g/mol. The summed E-state index contributed by atoms with van der Waals surface area (Å²) in [6, 6.07) is -0.862. The third-order valence-electron chi connectivity index (χ3n) is 7.84. The fourth-order valence-corrected chi connectivity index (χ4v) is 5.57. The molecule has 0 fully saturated rings. The largest absolute Gasteiger partial charge is 0.472 e. The quantitative estimate of drug-likeness (QED) is 0.0285. The Bertz CT molecular complexity index is 855. The van der Waals surface area contributed by atoms with Gasteiger partial charge < -0.3 is 19.8 Å². The molecule has 1 amide bonds. The van der Waals surface area contributed by atoms with E-state index in [9.17, 15) is 19.4 Å². The number of hydrogen-bond acceptors (Lipinski definition) is 5. The first kappa shape index (κ1) is 44.7. The summed E-state index contributed by atoms with van der Waals surface area (Å²) in [4.78, 5) is 22.8. The van der Waals surface area contributed by atoms with E-state index in [2.05, 4.69) is 43.5 Å². The number of rotatable bonds is 32. The van der Waals surface area contributed by atoms with Crippen molar-refractivity contribution in [3.05, 3.63) is 36.5 Å². The van der Waals surface area contributed by atoms with E-state index < -0.39 is 20.0 Å². The summed E-state index contributed by atoms with van der Waals surface area (Å²) in [5.74, 6) is -0.199. The number of amides is 1. The zero-order valence-corrected chi connectivity index (χ0v) is 31.2. The molecule has 0 aromatic rings. The monoisotopic (exact) mass is 672 g/mol. The third-order valence-corrected chi connectivity index (χ3v) is 8.82. The number of carbonyl (C=O) groups is 1. The maximum absolute atomic E-state index is 12.7. The Hall–Kier alpha value is -1.28. The minimum Gasteiger partial charge on any atom is -0.387 e. The van der Waals surface area contributed by atoms with Crippen LogP contribution in [0.25, 0.3) is 0 Å². The Morgan fingerprint density at radius 1 is 0.717 bits per heavy atom. The van der Waals surface area contributed by atoms with Crippen molar-refractivity contribution in [2.75, 3.05) is 40.9 Å². The molecule has 0 saturated carbocycles. The Kier molecular flexibility index (Phi) is 29.0. The van der Waals surface area contributed by atoms with Crippen molar-refractivity contribution < 1.29 is 32.9 Å². The molecule has 0 aliphatic carbocycles. The lowest BCUT2D eigenvalue weighted by atomic mass is 10.1. The van der Waals surface area contributed by atoms with Crippen LogP contribution in [0.5, 0.6) is 0 Å². The van der Waals surface area contributed by atoms with Crippen molar-refractivity contribution in [3.63, 3.8) is 0 Å². The van der Waals surface area contributed by atoms with E-state index in [0.29, 0.717) is 17.4 Å². The van der Waals surface area contributed by atoms with Crippen molar-refractivity contribution in [2.24, 2.45) is 0 Å². The predicted octanol–water partition coefficient (Wildman–Crippen LogP) is 9.18. The minimum absolute atomic E-state index is 0.0538. The van der Waals surface area contributed by atoms with Gasteiger partial charge in [-0.1, -0.05) is 127 Å². The molecule has 0 aliphatic heterocycles. The van der Waals surface area contributed by atoms with Gasteiger partial charge in [0.05, 0.1) is 39.9 Å². The molecule has 0 bridgehead atoms. The van der Waals surface area contributed by atoms with Crippen LogP contribution in [0.3, 0.4) is 0 Å². The average Bonchev–Trinajstić information content (AvgIpc) is 2.99. The number of phosphoric ester groups is 1. The van der Waals surface area contributed by atoms with E-state index >= 15 is 0 Å². The molecular weight excluding hydrogens is 599 g/mol. The minimum atomic E-state index is -4.33. The molecule has 46 heavy (non-hydrogen) atoms. The molecule has 3 atom stereocenters. The summed E-state index contributed by atoms with van der Waals surface area (Å²) in [5.41, 5.74) is 0. The second kappa shape index (κ2) is 29.8. The first-order valence-electron chi connectivity index (χ1n) is 18.4. The number of allylic oxidation sites excluding steroid dienone is 5. The molecule has 0 heterocycles. The van der Waals surface area contributed by atoms with E-state index in [-0.39, 0.29) is 19.1 Å². The molecule has 270 valence electrons. The van der Waals surface area contributed by atoms with Gasteiger partial charge in [-0.2, -0.15) is 0 Å². The van der Waals surface area contributed by atoms with Gasteiger partial charge in [-0.15, -0.1) is 0 Å². The molecule has 3 N–H and O–H groups in total. The lowest BCUT2D eigenvalue weighted by Crippen LogP contribution is -2.45. The van der Waals surface area contributed by atoms with Gasteiger partial charge in [0.2, 0.25) is 5.91 Å². The van der Waals surface area contributed by atoms with Gasteiger partial charge in [-0.3, -0.25) is 13.8 Å². The number of aliphatic hydroxyl groups excluding tert-OH is 1. The zero-order valence-electron chi connectivity index (χ0n) is 30.3. The van der Waals surface area contributed by atoms with Crippen molar-refractivity contribution >= 4 is 13.7 Å². The Morgan fingerprint density at radius 2 is 1.20 bits per heavy atom. The Balaban J connectivity index is 4.62. The number of unbranched alkanes of at least 4 members (excludes halogenated alkanes) is 15. The topological polar surface area (TPSA) is 105 Å². The van der Waals surface area contributed by atoms with Crippen LogP contribution >= 0.6 is 7.82 Å². The molecule has 0 rings (SSSR count). The fraction of sp³-hybridized carbons (Fsp3) is 0.811. The lowest BCUT2D eigenvalue weighted by molar-refractivity contribution is -0.870. The summed E-state index contributed by atoms with van der Waals surface area (Å²) in [6.07, 6.45) is 33.6. The van der Waals surface area contributed by atoms with Gasteiger partial charge >= 0.3 is 7.82 Å². The summed E-state index contributed by atoms with van der Waals surface area (Å²) in [6.45, 7) is 4.71. The number of aliphatic hydroxyl groups is 1. The van der Waals surface area contributed by atoms with Crippen LogP contribution < -0.4 is 5.32 Å². The Labute approximate surface area is 283 Å². The number of likely N-dealkylation sites (N-methyl/N-ethyl adjacent to an activating group) is 1. The highest BCUT2D eigenvalue weighted by Crippen LogP contribution is 2.43. The molecule has 0 spiro atoms. The molecule has 0 radical (unpaired) electrons. The first-order valence-corrected chi connectivity index (χ1v) is 19.9. The summed E-state index contributed by atoms with van der Waals surface area (Å²) < 4.78 is 23.3. The van der Waals surface area contributed by atoms with Gasteiger partial charge in [0.25, 0.3) is 0 Å². The van der Waals surface area contributed by atoms with Crippen molar-refractivity contribution in [1.82, 2.24) is 5.32 Å². The molecule has 3 unspecified atom stereocenters. The second-order valence-corrected chi connectivity index (χ2v) is 15.0. The predicted molar refractivity (Wildman–Crippen MR) is 194 cm³/mol. The van der Waals surface area contributed by atoms with E-state index in [4.69, 9.17) is 9.05 Å². The molecule has 0 saturated heterocycles. The molecule has 8 nitrogen and oxygen atoms in total. The number of hydrogen-bond donors (Lipinski definition) is 3. The highest BCUT2D eigenvalue weighted by Gasteiger charge is 2.27. The maximum Gasteiger partial charge on any atom is 0.472 e. The fourth-order valence-electron chi connectivity index (χ4n) is 4.83. The van der Waals surface area contributed by atoms with Gasteiger partial charge in [0, 0.05) is 6.42 Å². The maximum atomic E-state index is 12.7.